The topological polar surface area (TPSA) is 38.3 Å². The fourth-order valence-electron chi connectivity index (χ4n) is 1.54. The molecule has 3 heteroatoms. The largest absolute Gasteiger partial charge is 0.467 e. The number of esters is 1. The van der Waals surface area contributed by atoms with Crippen LogP contribution in [0.3, 0.4) is 0 Å². The first-order chi connectivity index (χ1) is 7.67. The summed E-state index contributed by atoms with van der Waals surface area (Å²) < 4.78 is 4.65. The molecule has 0 radical (unpaired) electrons. The van der Waals surface area contributed by atoms with Crippen LogP contribution in [0.2, 0.25) is 0 Å². The summed E-state index contributed by atoms with van der Waals surface area (Å²) in [4.78, 5) is 11.2. The molecule has 1 aromatic carbocycles. The van der Waals surface area contributed by atoms with Gasteiger partial charge in [-0.25, -0.2) is 4.79 Å². The third kappa shape index (κ3) is 3.57. The van der Waals surface area contributed by atoms with E-state index in [0.717, 1.165) is 18.5 Å². The van der Waals surface area contributed by atoms with Gasteiger partial charge in [-0.05, 0) is 31.0 Å². The van der Waals surface area contributed by atoms with Crippen molar-refractivity contribution in [3.8, 4) is 0 Å². The minimum Gasteiger partial charge on any atom is -0.467 e. The molecule has 0 aromatic heterocycles. The lowest BCUT2D eigenvalue weighted by Crippen LogP contribution is -2.27. The summed E-state index contributed by atoms with van der Waals surface area (Å²) in [5.41, 5.74) is 2.26. The first-order valence-electron chi connectivity index (χ1n) is 5.60. The minimum absolute atomic E-state index is 0.252. The van der Waals surface area contributed by atoms with E-state index in [0.29, 0.717) is 0 Å². The second-order valence-corrected chi connectivity index (χ2v) is 3.84. The van der Waals surface area contributed by atoms with Gasteiger partial charge in [0.25, 0.3) is 0 Å². The molecule has 0 saturated heterocycles. The van der Waals surface area contributed by atoms with Crippen LogP contribution < -0.4 is 5.32 Å². The third-order valence-corrected chi connectivity index (χ3v) is 2.43. The van der Waals surface area contributed by atoms with Crippen molar-refractivity contribution in [1.82, 2.24) is 0 Å². The number of ether oxygens (including phenoxy) is 1. The van der Waals surface area contributed by atoms with Crippen LogP contribution >= 0.6 is 0 Å². The van der Waals surface area contributed by atoms with Crippen LogP contribution in [-0.4, -0.2) is 19.1 Å². The van der Waals surface area contributed by atoms with Crippen molar-refractivity contribution in [2.45, 2.75) is 32.7 Å². The molecule has 0 aliphatic carbocycles. The van der Waals surface area contributed by atoms with Crippen molar-refractivity contribution in [2.24, 2.45) is 0 Å². The van der Waals surface area contributed by atoms with E-state index >= 15 is 0 Å². The number of methoxy groups -OCH3 is 1. The summed E-state index contributed by atoms with van der Waals surface area (Å²) in [6.45, 7) is 3.94. The van der Waals surface area contributed by atoms with E-state index in [-0.39, 0.29) is 12.0 Å². The second kappa shape index (κ2) is 6.16. The van der Waals surface area contributed by atoms with Crippen LogP contribution in [0.15, 0.2) is 24.3 Å². The maximum Gasteiger partial charge on any atom is 0.327 e. The summed E-state index contributed by atoms with van der Waals surface area (Å²) in [5, 5.41) is 3.09. The highest BCUT2D eigenvalue weighted by Gasteiger charge is 2.11. The predicted octanol–water partition coefficient (Wildman–Crippen LogP) is 2.61. The van der Waals surface area contributed by atoms with Crippen LogP contribution in [0.1, 0.15) is 25.8 Å². The maximum absolute atomic E-state index is 11.2. The molecule has 1 N–H and O–H groups in total. The Morgan fingerprint density at radius 3 is 2.50 bits per heavy atom. The predicted molar refractivity (Wildman–Crippen MR) is 65.5 cm³/mol. The monoisotopic (exact) mass is 221 g/mol. The van der Waals surface area contributed by atoms with Crippen LogP contribution in [0, 0.1) is 0 Å². The number of rotatable bonds is 5. The third-order valence-electron chi connectivity index (χ3n) is 2.43. The number of carbonyl (C=O) groups is 1. The molecule has 0 amide bonds. The lowest BCUT2D eigenvalue weighted by molar-refractivity contribution is -0.141. The molecule has 0 aliphatic rings. The molecule has 1 aromatic rings. The highest BCUT2D eigenvalue weighted by Crippen LogP contribution is 2.12. The SMILES string of the molecule is CCCc1ccc(NC(C)C(=O)OC)cc1. The van der Waals surface area contributed by atoms with Gasteiger partial charge in [-0.3, -0.25) is 0 Å². The van der Waals surface area contributed by atoms with E-state index < -0.39 is 0 Å². The Hall–Kier alpha value is -1.51. The van der Waals surface area contributed by atoms with Crippen molar-refractivity contribution >= 4 is 11.7 Å². The molecular formula is C13H19NO2. The summed E-state index contributed by atoms with van der Waals surface area (Å²) in [7, 11) is 1.39. The number of hydrogen-bond acceptors (Lipinski definition) is 3. The minimum atomic E-state index is -0.318. The van der Waals surface area contributed by atoms with Gasteiger partial charge >= 0.3 is 5.97 Å². The molecule has 16 heavy (non-hydrogen) atoms. The highest BCUT2D eigenvalue weighted by atomic mass is 16.5. The molecular weight excluding hydrogens is 202 g/mol. The van der Waals surface area contributed by atoms with Gasteiger partial charge < -0.3 is 10.1 Å². The van der Waals surface area contributed by atoms with Crippen LogP contribution in [0.25, 0.3) is 0 Å². The quantitative estimate of drug-likeness (QED) is 0.777. The molecule has 88 valence electrons. The lowest BCUT2D eigenvalue weighted by atomic mass is 10.1. The first kappa shape index (κ1) is 12.6. The molecule has 1 unspecified atom stereocenters. The molecule has 0 heterocycles. The Kier molecular flexibility index (Phi) is 4.83. The van der Waals surface area contributed by atoms with Crippen molar-refractivity contribution in [3.05, 3.63) is 29.8 Å². The molecule has 1 rings (SSSR count). The van der Waals surface area contributed by atoms with Crippen LogP contribution in [-0.2, 0) is 16.0 Å². The fourth-order valence-corrected chi connectivity index (χ4v) is 1.54. The van der Waals surface area contributed by atoms with E-state index in [1.54, 1.807) is 6.92 Å². The van der Waals surface area contributed by atoms with E-state index in [1.807, 2.05) is 12.1 Å². The van der Waals surface area contributed by atoms with Gasteiger partial charge in [0, 0.05) is 5.69 Å². The molecule has 0 aliphatic heterocycles. The van der Waals surface area contributed by atoms with Gasteiger partial charge in [-0.15, -0.1) is 0 Å². The zero-order valence-electron chi connectivity index (χ0n) is 10.1. The zero-order chi connectivity index (χ0) is 12.0. The van der Waals surface area contributed by atoms with E-state index in [1.165, 1.54) is 12.7 Å². The Balaban J connectivity index is 2.58. The van der Waals surface area contributed by atoms with Gasteiger partial charge in [0.15, 0.2) is 0 Å². The number of anilines is 1. The Morgan fingerprint density at radius 1 is 1.38 bits per heavy atom. The van der Waals surface area contributed by atoms with Crippen molar-refractivity contribution in [3.63, 3.8) is 0 Å². The summed E-state index contributed by atoms with van der Waals surface area (Å²) in [6.07, 6.45) is 2.23. The van der Waals surface area contributed by atoms with E-state index in [9.17, 15) is 4.79 Å². The van der Waals surface area contributed by atoms with Gasteiger partial charge in [0.2, 0.25) is 0 Å². The van der Waals surface area contributed by atoms with Gasteiger partial charge in [0.05, 0.1) is 7.11 Å². The zero-order valence-corrected chi connectivity index (χ0v) is 10.1. The molecule has 1 atom stereocenters. The average Bonchev–Trinajstić information content (AvgIpc) is 2.31. The summed E-state index contributed by atoms with van der Waals surface area (Å²) in [5.74, 6) is -0.252. The fraction of sp³-hybridized carbons (Fsp3) is 0.462. The average molecular weight is 221 g/mol. The van der Waals surface area contributed by atoms with Gasteiger partial charge in [-0.1, -0.05) is 25.5 Å². The molecule has 0 fully saturated rings. The molecule has 3 nitrogen and oxygen atoms in total. The van der Waals surface area contributed by atoms with Crippen LogP contribution in [0.5, 0.6) is 0 Å². The molecule has 0 bridgehead atoms. The summed E-state index contributed by atoms with van der Waals surface area (Å²) in [6, 6.07) is 7.82. The number of benzene rings is 1. The Labute approximate surface area is 96.8 Å². The standard InChI is InChI=1S/C13H19NO2/c1-4-5-11-6-8-12(9-7-11)14-10(2)13(15)16-3/h6-10,14H,4-5H2,1-3H3. The normalized spacial score (nSPS) is 11.9. The van der Waals surface area contributed by atoms with E-state index in [2.05, 4.69) is 29.1 Å². The van der Waals surface area contributed by atoms with Crippen molar-refractivity contribution < 1.29 is 9.53 Å². The van der Waals surface area contributed by atoms with Crippen LogP contribution in [0.4, 0.5) is 5.69 Å². The highest BCUT2D eigenvalue weighted by molar-refractivity contribution is 5.78. The van der Waals surface area contributed by atoms with Crippen molar-refractivity contribution in [2.75, 3.05) is 12.4 Å². The maximum atomic E-state index is 11.2. The smallest absolute Gasteiger partial charge is 0.327 e. The lowest BCUT2D eigenvalue weighted by Gasteiger charge is -2.13. The number of hydrogen-bond donors (Lipinski definition) is 1. The Bertz CT molecular complexity index is 332. The second-order valence-electron chi connectivity index (χ2n) is 3.84. The van der Waals surface area contributed by atoms with E-state index in [4.69, 9.17) is 0 Å². The number of aryl methyl sites for hydroxylation is 1. The van der Waals surface area contributed by atoms with Gasteiger partial charge in [-0.2, -0.15) is 0 Å². The van der Waals surface area contributed by atoms with Gasteiger partial charge in [0.1, 0.15) is 6.04 Å². The Morgan fingerprint density at radius 2 is 2.00 bits per heavy atom. The first-order valence-corrected chi connectivity index (χ1v) is 5.60. The number of carbonyl (C=O) groups excluding carboxylic acids is 1. The van der Waals surface area contributed by atoms with Crippen molar-refractivity contribution in [1.29, 1.82) is 0 Å². The summed E-state index contributed by atoms with van der Waals surface area (Å²) >= 11 is 0. The molecule has 0 spiro atoms. The molecule has 0 saturated carbocycles. The number of nitrogens with one attached hydrogen (secondary N) is 1.